The lowest BCUT2D eigenvalue weighted by Crippen LogP contribution is -2.42. The number of nitrogens with two attached hydrogens (primary N) is 1. The van der Waals surface area contributed by atoms with Crippen molar-refractivity contribution >= 4 is 27.5 Å². The highest BCUT2D eigenvalue weighted by Crippen LogP contribution is 2.31. The molecule has 0 radical (unpaired) electrons. The lowest BCUT2D eigenvalue weighted by molar-refractivity contribution is 0.100. The van der Waals surface area contributed by atoms with Gasteiger partial charge in [-0.2, -0.15) is 0 Å². The van der Waals surface area contributed by atoms with Crippen LogP contribution in [0, 0.1) is 0 Å². The Kier molecular flexibility index (Phi) is 5.43. The highest BCUT2D eigenvalue weighted by molar-refractivity contribution is 9.10. The molecule has 4 nitrogen and oxygen atoms in total. The minimum atomic E-state index is -0.356. The van der Waals surface area contributed by atoms with E-state index in [0.29, 0.717) is 11.6 Å². The van der Waals surface area contributed by atoms with Crippen molar-refractivity contribution < 1.29 is 4.79 Å². The highest BCUT2D eigenvalue weighted by Gasteiger charge is 2.25. The van der Waals surface area contributed by atoms with Crippen LogP contribution in [-0.4, -0.2) is 32.1 Å². The molecule has 3 N–H and O–H groups in total. The van der Waals surface area contributed by atoms with Gasteiger partial charge < -0.3 is 16.0 Å². The Morgan fingerprint density at radius 1 is 1.50 bits per heavy atom. The van der Waals surface area contributed by atoms with Gasteiger partial charge in [-0.3, -0.25) is 4.79 Å². The minimum absolute atomic E-state index is 0.356. The molecule has 0 spiro atoms. The number of nitrogens with zero attached hydrogens (tertiary/aromatic N) is 1. The Balaban J connectivity index is 2.31. The fourth-order valence-electron chi connectivity index (χ4n) is 2.88. The fraction of sp³-hybridized carbons (Fsp3) is 0.533. The number of anilines is 1. The maximum Gasteiger partial charge on any atom is 0.250 e. The minimum Gasteiger partial charge on any atom is -0.368 e. The van der Waals surface area contributed by atoms with E-state index in [9.17, 15) is 4.79 Å². The van der Waals surface area contributed by atoms with Crippen LogP contribution in [0.1, 0.15) is 36.0 Å². The predicted molar refractivity (Wildman–Crippen MR) is 86.2 cm³/mol. The molecule has 0 saturated carbocycles. The quantitative estimate of drug-likeness (QED) is 0.866. The van der Waals surface area contributed by atoms with Gasteiger partial charge >= 0.3 is 0 Å². The lowest BCUT2D eigenvalue weighted by Gasteiger charge is -2.38. The summed E-state index contributed by atoms with van der Waals surface area (Å²) in [4.78, 5) is 14.0. The van der Waals surface area contributed by atoms with Crippen LogP contribution >= 0.6 is 15.9 Å². The maximum absolute atomic E-state index is 11.7. The van der Waals surface area contributed by atoms with Gasteiger partial charge in [-0.15, -0.1) is 0 Å². The third kappa shape index (κ3) is 3.52. The van der Waals surface area contributed by atoms with Crippen molar-refractivity contribution in [3.8, 4) is 0 Å². The molecule has 0 aromatic heterocycles. The molecule has 1 atom stereocenters. The van der Waals surface area contributed by atoms with Crippen molar-refractivity contribution in [1.29, 1.82) is 0 Å². The van der Waals surface area contributed by atoms with Crippen molar-refractivity contribution in [3.63, 3.8) is 0 Å². The summed E-state index contributed by atoms with van der Waals surface area (Å²) in [5, 5.41) is 3.21. The molecule has 1 aliphatic rings. The van der Waals surface area contributed by atoms with Crippen LogP contribution in [0.4, 0.5) is 5.69 Å². The monoisotopic (exact) mass is 339 g/mol. The summed E-state index contributed by atoms with van der Waals surface area (Å²) in [6.45, 7) is 1.98. The molecule has 20 heavy (non-hydrogen) atoms. The van der Waals surface area contributed by atoms with Crippen molar-refractivity contribution in [2.45, 2.75) is 31.7 Å². The summed E-state index contributed by atoms with van der Waals surface area (Å²) in [7, 11) is 1.97. The summed E-state index contributed by atoms with van der Waals surface area (Å²) in [5.41, 5.74) is 7.10. The predicted octanol–water partition coefficient (Wildman–Crippen LogP) is 2.52. The van der Waals surface area contributed by atoms with Gasteiger partial charge in [0.05, 0.1) is 11.3 Å². The van der Waals surface area contributed by atoms with Gasteiger partial charge in [0.15, 0.2) is 0 Å². The molecule has 0 aliphatic carbocycles. The molecular formula is C15H22BrN3O. The molecule has 1 aromatic carbocycles. The average Bonchev–Trinajstić information content (AvgIpc) is 2.45. The molecule has 1 aromatic rings. The smallest absolute Gasteiger partial charge is 0.250 e. The molecule has 0 bridgehead atoms. The van der Waals surface area contributed by atoms with Gasteiger partial charge in [0, 0.05) is 17.1 Å². The second kappa shape index (κ2) is 7.09. The Hall–Kier alpha value is -1.07. The van der Waals surface area contributed by atoms with Crippen molar-refractivity contribution in [2.24, 2.45) is 5.73 Å². The largest absolute Gasteiger partial charge is 0.368 e. The molecule has 1 amide bonds. The van der Waals surface area contributed by atoms with Gasteiger partial charge in [0.2, 0.25) is 0 Å². The van der Waals surface area contributed by atoms with E-state index in [2.05, 4.69) is 26.1 Å². The summed E-state index contributed by atoms with van der Waals surface area (Å²) < 4.78 is 0.982. The van der Waals surface area contributed by atoms with Crippen LogP contribution < -0.4 is 16.0 Å². The normalized spacial score (nSPS) is 19.1. The summed E-state index contributed by atoms with van der Waals surface area (Å²) in [5.74, 6) is -0.356. The van der Waals surface area contributed by atoms with Gasteiger partial charge in [0.25, 0.3) is 5.91 Å². The number of rotatable bonds is 5. The third-order valence-corrected chi connectivity index (χ3v) is 4.38. The topological polar surface area (TPSA) is 58.4 Å². The van der Waals surface area contributed by atoms with E-state index in [1.165, 1.54) is 19.3 Å². The summed E-state index contributed by atoms with van der Waals surface area (Å²) in [6, 6.07) is 6.17. The molecule has 1 saturated heterocycles. The lowest BCUT2D eigenvalue weighted by atomic mass is 9.97. The number of piperidine rings is 1. The number of carbonyl (C=O) groups is 1. The Labute approximate surface area is 128 Å². The number of amides is 1. The van der Waals surface area contributed by atoms with E-state index in [-0.39, 0.29) is 5.91 Å². The first-order chi connectivity index (χ1) is 9.63. The summed E-state index contributed by atoms with van der Waals surface area (Å²) >= 11 is 3.49. The number of hydrogen-bond acceptors (Lipinski definition) is 3. The van der Waals surface area contributed by atoms with E-state index < -0.39 is 0 Å². The Morgan fingerprint density at radius 2 is 2.30 bits per heavy atom. The van der Waals surface area contributed by atoms with E-state index in [1.807, 2.05) is 25.2 Å². The van der Waals surface area contributed by atoms with Gasteiger partial charge in [0.1, 0.15) is 0 Å². The standard InChI is InChI=1S/C15H22BrN3O/c1-18-8-7-12-4-2-3-9-19(12)14-10-11(16)5-6-13(14)15(17)20/h5-6,10,12,18H,2-4,7-9H2,1H3,(H2,17,20). The molecule has 110 valence electrons. The van der Waals surface area contributed by atoms with Crippen LogP contribution in [0.2, 0.25) is 0 Å². The maximum atomic E-state index is 11.7. The van der Waals surface area contributed by atoms with E-state index >= 15 is 0 Å². The highest BCUT2D eigenvalue weighted by atomic mass is 79.9. The Morgan fingerprint density at radius 3 is 3.00 bits per heavy atom. The number of benzene rings is 1. The SMILES string of the molecule is CNCCC1CCCCN1c1cc(Br)ccc1C(N)=O. The van der Waals surface area contributed by atoms with Crippen molar-refractivity contribution in [2.75, 3.05) is 25.0 Å². The second-order valence-electron chi connectivity index (χ2n) is 5.26. The molecule has 1 fully saturated rings. The average molecular weight is 340 g/mol. The van der Waals surface area contributed by atoms with Crippen LogP contribution in [0.15, 0.2) is 22.7 Å². The zero-order valence-electron chi connectivity index (χ0n) is 11.9. The van der Waals surface area contributed by atoms with Crippen LogP contribution in [0.5, 0.6) is 0 Å². The molecule has 1 aliphatic heterocycles. The first-order valence-corrected chi connectivity index (χ1v) is 7.93. The number of primary amides is 1. The van der Waals surface area contributed by atoms with E-state index in [0.717, 1.165) is 29.7 Å². The first-order valence-electron chi connectivity index (χ1n) is 7.14. The second-order valence-corrected chi connectivity index (χ2v) is 6.18. The van der Waals surface area contributed by atoms with E-state index in [1.54, 1.807) is 0 Å². The van der Waals surface area contributed by atoms with Crippen LogP contribution in [0.25, 0.3) is 0 Å². The third-order valence-electron chi connectivity index (χ3n) is 3.89. The number of nitrogens with one attached hydrogen (secondary N) is 1. The zero-order chi connectivity index (χ0) is 14.5. The molecule has 1 unspecified atom stereocenters. The van der Waals surface area contributed by atoms with Crippen molar-refractivity contribution in [3.05, 3.63) is 28.2 Å². The Bertz CT molecular complexity index is 478. The first kappa shape index (κ1) is 15.3. The fourth-order valence-corrected chi connectivity index (χ4v) is 3.23. The zero-order valence-corrected chi connectivity index (χ0v) is 13.4. The van der Waals surface area contributed by atoms with Gasteiger partial charge in [-0.1, -0.05) is 15.9 Å². The summed E-state index contributed by atoms with van der Waals surface area (Å²) in [6.07, 6.45) is 4.68. The van der Waals surface area contributed by atoms with Crippen molar-refractivity contribution in [1.82, 2.24) is 5.32 Å². The number of halogens is 1. The van der Waals surface area contributed by atoms with E-state index in [4.69, 9.17) is 5.73 Å². The molecule has 5 heteroatoms. The van der Waals surface area contributed by atoms with Gasteiger partial charge in [-0.05, 0) is 57.5 Å². The number of hydrogen-bond donors (Lipinski definition) is 2. The van der Waals surface area contributed by atoms with Crippen LogP contribution in [0.3, 0.4) is 0 Å². The molecule has 1 heterocycles. The van der Waals surface area contributed by atoms with Crippen LogP contribution in [-0.2, 0) is 0 Å². The number of carbonyl (C=O) groups excluding carboxylic acids is 1. The van der Waals surface area contributed by atoms with Gasteiger partial charge in [-0.25, -0.2) is 0 Å². The molecular weight excluding hydrogens is 318 g/mol. The molecule has 2 rings (SSSR count).